The molecule has 1 aromatic rings. The summed E-state index contributed by atoms with van der Waals surface area (Å²) >= 11 is 5.99. The summed E-state index contributed by atoms with van der Waals surface area (Å²) in [5, 5.41) is 0. The van der Waals surface area contributed by atoms with Crippen LogP contribution in [-0.2, 0) is 4.43 Å². The lowest BCUT2D eigenvalue weighted by molar-refractivity contribution is 0.443. The minimum atomic E-state index is -2.01. The van der Waals surface area contributed by atoms with Crippen molar-refractivity contribution in [3.8, 4) is 0 Å². The Morgan fingerprint density at radius 2 is 1.65 bits per heavy atom. The van der Waals surface area contributed by atoms with Crippen molar-refractivity contribution in [2.24, 2.45) is 0 Å². The van der Waals surface area contributed by atoms with E-state index in [2.05, 4.69) is 51.5 Å². The lowest BCUT2D eigenvalue weighted by Gasteiger charge is -2.42. The summed E-state index contributed by atoms with van der Waals surface area (Å²) in [6, 6.07) is 0. The smallest absolute Gasteiger partial charge is 0.258 e. The second-order valence-corrected chi connectivity index (χ2v) is 11.6. The molecule has 0 aliphatic heterocycles. The highest BCUT2D eigenvalue weighted by Crippen LogP contribution is 2.44. The van der Waals surface area contributed by atoms with Crippen molar-refractivity contribution in [1.29, 1.82) is 0 Å². The van der Waals surface area contributed by atoms with Crippen molar-refractivity contribution in [2.45, 2.75) is 58.2 Å². The Kier molecular flexibility index (Phi) is 6.21. The second-order valence-electron chi connectivity index (χ2n) is 5.98. The molecule has 20 heavy (non-hydrogen) atoms. The highest BCUT2D eigenvalue weighted by Gasteiger charge is 2.47. The fraction of sp³-hybridized carbons (Fsp3) is 0.600. The summed E-state index contributed by atoms with van der Waals surface area (Å²) in [6.45, 7) is 13.5. The van der Waals surface area contributed by atoms with E-state index < -0.39 is 8.32 Å². The Morgan fingerprint density at radius 1 is 1.10 bits per heavy atom. The van der Waals surface area contributed by atoms with Crippen LogP contribution in [-0.4, -0.2) is 18.3 Å². The molecule has 0 aliphatic rings. The third-order valence-corrected chi connectivity index (χ3v) is 10.1. The standard InChI is InChI=1S/C15H25ClN2OSi/c1-11(2)20(12(3)4,13(5)6)19-15(9-16)14-10-17-7-8-18-14/h7-13H,1-6H3/b15-9-. The van der Waals surface area contributed by atoms with Gasteiger partial charge in [0.2, 0.25) is 0 Å². The molecule has 112 valence electrons. The fourth-order valence-corrected chi connectivity index (χ4v) is 8.58. The minimum absolute atomic E-state index is 0.491. The molecule has 0 saturated carbocycles. The third kappa shape index (κ3) is 3.41. The molecule has 1 aromatic heterocycles. The van der Waals surface area contributed by atoms with Gasteiger partial charge in [-0.15, -0.1) is 0 Å². The van der Waals surface area contributed by atoms with Crippen molar-refractivity contribution in [3.05, 3.63) is 29.8 Å². The van der Waals surface area contributed by atoms with E-state index in [0.717, 1.165) is 0 Å². The topological polar surface area (TPSA) is 35.0 Å². The van der Waals surface area contributed by atoms with Gasteiger partial charge in [-0.25, -0.2) is 4.98 Å². The monoisotopic (exact) mass is 312 g/mol. The zero-order chi connectivity index (χ0) is 15.3. The van der Waals surface area contributed by atoms with Crippen molar-refractivity contribution in [2.75, 3.05) is 0 Å². The summed E-state index contributed by atoms with van der Waals surface area (Å²) in [4.78, 5) is 8.39. The second kappa shape index (κ2) is 7.23. The van der Waals surface area contributed by atoms with Gasteiger partial charge in [0.1, 0.15) is 11.5 Å². The quantitative estimate of drug-likeness (QED) is 0.534. The SMILES string of the molecule is CC(C)[Si](O/C(=C\Cl)c1cnccn1)(C(C)C)C(C)C. The average molecular weight is 313 g/mol. The van der Waals surface area contributed by atoms with Crippen LogP contribution < -0.4 is 0 Å². The Balaban J connectivity index is 3.18. The van der Waals surface area contributed by atoms with Gasteiger partial charge in [-0.3, -0.25) is 4.98 Å². The molecule has 0 fully saturated rings. The van der Waals surface area contributed by atoms with E-state index in [9.17, 15) is 0 Å². The Bertz CT molecular complexity index is 425. The van der Waals surface area contributed by atoms with E-state index in [0.29, 0.717) is 28.1 Å². The lowest BCUT2D eigenvalue weighted by Crippen LogP contribution is -2.47. The third-order valence-electron chi connectivity index (χ3n) is 3.91. The molecule has 0 unspecified atom stereocenters. The van der Waals surface area contributed by atoms with Gasteiger partial charge < -0.3 is 4.43 Å². The van der Waals surface area contributed by atoms with E-state index in [1.807, 2.05) is 0 Å². The molecule has 1 rings (SSSR count). The first kappa shape index (κ1) is 17.2. The van der Waals surface area contributed by atoms with Crippen molar-refractivity contribution in [3.63, 3.8) is 0 Å². The molecule has 0 saturated heterocycles. The van der Waals surface area contributed by atoms with Gasteiger partial charge in [0.15, 0.2) is 0 Å². The summed E-state index contributed by atoms with van der Waals surface area (Å²) in [6.07, 6.45) is 4.99. The van der Waals surface area contributed by atoms with Gasteiger partial charge in [-0.1, -0.05) is 53.1 Å². The number of rotatable bonds is 6. The maximum Gasteiger partial charge on any atom is 0.258 e. The van der Waals surface area contributed by atoms with E-state index >= 15 is 0 Å². The first-order chi connectivity index (χ1) is 9.36. The first-order valence-electron chi connectivity index (χ1n) is 7.12. The van der Waals surface area contributed by atoms with Crippen molar-refractivity contribution in [1.82, 2.24) is 9.97 Å². The van der Waals surface area contributed by atoms with Gasteiger partial charge in [0, 0.05) is 17.9 Å². The van der Waals surface area contributed by atoms with Crippen molar-refractivity contribution < 1.29 is 4.43 Å². The highest BCUT2D eigenvalue weighted by molar-refractivity contribution is 6.78. The average Bonchev–Trinajstić information content (AvgIpc) is 2.39. The molecular weight excluding hydrogens is 288 g/mol. The Labute approximate surface area is 128 Å². The number of hydrogen-bond donors (Lipinski definition) is 0. The number of aromatic nitrogens is 2. The maximum absolute atomic E-state index is 6.52. The fourth-order valence-electron chi connectivity index (χ4n) is 3.10. The molecule has 0 radical (unpaired) electrons. The van der Waals surface area contributed by atoms with Crippen LogP contribution in [0, 0.1) is 0 Å². The zero-order valence-corrected chi connectivity index (χ0v) is 15.0. The molecular formula is C15H25ClN2OSi. The van der Waals surface area contributed by atoms with Gasteiger partial charge >= 0.3 is 0 Å². The summed E-state index contributed by atoms with van der Waals surface area (Å²) in [7, 11) is -2.01. The molecule has 0 bridgehead atoms. The molecule has 0 aromatic carbocycles. The maximum atomic E-state index is 6.52. The number of nitrogens with zero attached hydrogens (tertiary/aromatic N) is 2. The van der Waals surface area contributed by atoms with Crippen molar-refractivity contribution >= 4 is 25.7 Å². The van der Waals surface area contributed by atoms with E-state index in [1.165, 1.54) is 5.54 Å². The molecule has 0 spiro atoms. The number of halogens is 1. The minimum Gasteiger partial charge on any atom is -0.541 e. The largest absolute Gasteiger partial charge is 0.541 e. The van der Waals surface area contributed by atoms with E-state index in [-0.39, 0.29) is 0 Å². The lowest BCUT2D eigenvalue weighted by atomic mass is 10.4. The van der Waals surface area contributed by atoms with Crippen LogP contribution in [0.25, 0.3) is 5.76 Å². The first-order valence-corrected chi connectivity index (χ1v) is 9.69. The predicted octanol–water partition coefficient (Wildman–Crippen LogP) is 5.21. The molecule has 0 N–H and O–H groups in total. The van der Waals surface area contributed by atoms with Crippen LogP contribution in [0.4, 0.5) is 0 Å². The summed E-state index contributed by atoms with van der Waals surface area (Å²) in [5.41, 5.74) is 3.66. The van der Waals surface area contributed by atoms with Gasteiger partial charge in [0.25, 0.3) is 8.32 Å². The van der Waals surface area contributed by atoms with Gasteiger partial charge in [0.05, 0.1) is 6.20 Å². The number of hydrogen-bond acceptors (Lipinski definition) is 3. The van der Waals surface area contributed by atoms with Crippen LogP contribution >= 0.6 is 11.6 Å². The van der Waals surface area contributed by atoms with Gasteiger partial charge in [-0.2, -0.15) is 0 Å². The molecule has 5 heteroatoms. The molecule has 0 atom stereocenters. The molecule has 3 nitrogen and oxygen atoms in total. The Morgan fingerprint density at radius 3 is 2.00 bits per heavy atom. The molecule has 0 amide bonds. The molecule has 1 heterocycles. The van der Waals surface area contributed by atoms with Crippen LogP contribution in [0.2, 0.25) is 16.6 Å². The van der Waals surface area contributed by atoms with Crippen LogP contribution in [0.15, 0.2) is 24.1 Å². The summed E-state index contributed by atoms with van der Waals surface area (Å²) < 4.78 is 6.52. The van der Waals surface area contributed by atoms with E-state index in [1.54, 1.807) is 18.6 Å². The van der Waals surface area contributed by atoms with Crippen LogP contribution in [0.3, 0.4) is 0 Å². The highest BCUT2D eigenvalue weighted by atomic mass is 35.5. The normalized spacial score (nSPS) is 13.4. The van der Waals surface area contributed by atoms with Gasteiger partial charge in [-0.05, 0) is 16.6 Å². The summed E-state index contributed by atoms with van der Waals surface area (Å²) in [5.74, 6) is 0.641. The van der Waals surface area contributed by atoms with Crippen LogP contribution in [0.1, 0.15) is 47.2 Å². The zero-order valence-electron chi connectivity index (χ0n) is 13.2. The van der Waals surface area contributed by atoms with Crippen LogP contribution in [0.5, 0.6) is 0 Å². The predicted molar refractivity (Wildman–Crippen MR) is 88.0 cm³/mol. The Hall–Kier alpha value is -0.873. The molecule has 0 aliphatic carbocycles. The van der Waals surface area contributed by atoms with E-state index in [4.69, 9.17) is 16.0 Å².